The fraction of sp³-hybridized carbons (Fsp3) is 0.125. The number of hydrogen-bond donors (Lipinski definition) is 2. The fourth-order valence-corrected chi connectivity index (χ4v) is 1.72. The molecule has 6 heteroatoms. The maximum absolute atomic E-state index is 10.5. The van der Waals surface area contributed by atoms with Gasteiger partial charge in [0.1, 0.15) is 0 Å². The third-order valence-corrected chi connectivity index (χ3v) is 2.72. The minimum atomic E-state index is -1.04. The molecule has 6 nitrogen and oxygen atoms in total. The zero-order valence-corrected chi connectivity index (χ0v) is 12.0. The first-order chi connectivity index (χ1) is 10.7. The standard InChI is InChI=1S/C16H16N2O4/c1-21-15-9-12(7-8-14(15)22-11-16(19)20)10-17-18-13-5-3-2-4-6-13/h2-10,18H,11H2,1H3,(H,19,20). The number of anilines is 1. The largest absolute Gasteiger partial charge is 0.493 e. The van der Waals surface area contributed by atoms with Crippen LogP contribution in [-0.4, -0.2) is 31.0 Å². The molecule has 0 radical (unpaired) electrons. The van der Waals surface area contributed by atoms with Crippen molar-refractivity contribution in [2.24, 2.45) is 5.10 Å². The Bertz CT molecular complexity index is 656. The number of nitrogens with one attached hydrogen (secondary N) is 1. The Hall–Kier alpha value is -3.02. The van der Waals surface area contributed by atoms with Crippen molar-refractivity contribution in [1.29, 1.82) is 0 Å². The fourth-order valence-electron chi connectivity index (χ4n) is 1.72. The molecule has 0 aliphatic heterocycles. The van der Waals surface area contributed by atoms with Gasteiger partial charge in [-0.25, -0.2) is 4.79 Å². The molecule has 0 saturated heterocycles. The molecule has 2 N–H and O–H groups in total. The summed E-state index contributed by atoms with van der Waals surface area (Å²) in [6.45, 7) is -0.417. The van der Waals surface area contributed by atoms with E-state index in [0.717, 1.165) is 11.3 Å². The van der Waals surface area contributed by atoms with E-state index in [0.29, 0.717) is 11.5 Å². The molecule has 0 aromatic heterocycles. The summed E-state index contributed by atoms with van der Waals surface area (Å²) in [6, 6.07) is 14.7. The number of aliphatic carboxylic acids is 1. The number of benzene rings is 2. The number of ether oxygens (including phenoxy) is 2. The van der Waals surface area contributed by atoms with Gasteiger partial charge in [-0.1, -0.05) is 18.2 Å². The summed E-state index contributed by atoms with van der Waals surface area (Å²) in [5, 5.41) is 12.7. The van der Waals surface area contributed by atoms with E-state index in [-0.39, 0.29) is 0 Å². The minimum Gasteiger partial charge on any atom is -0.493 e. The highest BCUT2D eigenvalue weighted by molar-refractivity contribution is 5.81. The average molecular weight is 300 g/mol. The molecule has 114 valence electrons. The van der Waals surface area contributed by atoms with Crippen molar-refractivity contribution in [3.63, 3.8) is 0 Å². The summed E-state index contributed by atoms with van der Waals surface area (Å²) in [5.41, 5.74) is 4.58. The van der Waals surface area contributed by atoms with Gasteiger partial charge in [0.05, 0.1) is 19.0 Å². The predicted molar refractivity (Wildman–Crippen MR) is 83.8 cm³/mol. The lowest BCUT2D eigenvalue weighted by Crippen LogP contribution is -2.10. The Balaban J connectivity index is 2.04. The molecule has 0 aliphatic rings. The zero-order chi connectivity index (χ0) is 15.8. The van der Waals surface area contributed by atoms with Gasteiger partial charge >= 0.3 is 5.97 Å². The first kappa shape index (κ1) is 15.4. The molecule has 0 bridgehead atoms. The van der Waals surface area contributed by atoms with Crippen LogP contribution in [0.5, 0.6) is 11.5 Å². The van der Waals surface area contributed by atoms with Gasteiger partial charge in [0, 0.05) is 0 Å². The number of para-hydroxylation sites is 1. The molecular formula is C16H16N2O4. The normalized spacial score (nSPS) is 10.4. The molecule has 0 amide bonds. The number of carboxylic acid groups (broad SMARTS) is 1. The van der Waals surface area contributed by atoms with Crippen LogP contribution in [0.25, 0.3) is 0 Å². The van der Waals surface area contributed by atoms with E-state index in [4.69, 9.17) is 14.6 Å². The van der Waals surface area contributed by atoms with Crippen LogP contribution in [0.2, 0.25) is 0 Å². The van der Waals surface area contributed by atoms with E-state index < -0.39 is 12.6 Å². The van der Waals surface area contributed by atoms with Crippen molar-refractivity contribution in [3.8, 4) is 11.5 Å². The lowest BCUT2D eigenvalue weighted by atomic mass is 10.2. The Kier molecular flexibility index (Phi) is 5.37. The molecule has 0 unspecified atom stereocenters. The van der Waals surface area contributed by atoms with Crippen molar-refractivity contribution >= 4 is 17.9 Å². The number of nitrogens with zero attached hydrogens (tertiary/aromatic N) is 1. The Morgan fingerprint density at radius 3 is 2.68 bits per heavy atom. The second kappa shape index (κ2) is 7.68. The minimum absolute atomic E-state index is 0.373. The second-order valence-electron chi connectivity index (χ2n) is 4.33. The van der Waals surface area contributed by atoms with Crippen LogP contribution in [0.15, 0.2) is 53.6 Å². The van der Waals surface area contributed by atoms with E-state index in [1.54, 1.807) is 24.4 Å². The highest BCUT2D eigenvalue weighted by atomic mass is 16.5. The summed E-state index contributed by atoms with van der Waals surface area (Å²) in [7, 11) is 1.49. The van der Waals surface area contributed by atoms with Crippen molar-refractivity contribution in [1.82, 2.24) is 0 Å². The van der Waals surface area contributed by atoms with E-state index in [9.17, 15) is 4.79 Å². The summed E-state index contributed by atoms with van der Waals surface area (Å²) in [5.74, 6) is -0.220. The molecule has 0 heterocycles. The zero-order valence-electron chi connectivity index (χ0n) is 12.0. The van der Waals surface area contributed by atoms with E-state index in [1.807, 2.05) is 30.3 Å². The third kappa shape index (κ3) is 4.52. The molecule has 0 fully saturated rings. The van der Waals surface area contributed by atoms with Crippen LogP contribution in [0.3, 0.4) is 0 Å². The second-order valence-corrected chi connectivity index (χ2v) is 4.33. The number of rotatable bonds is 7. The van der Waals surface area contributed by atoms with Gasteiger partial charge in [0.25, 0.3) is 0 Å². The van der Waals surface area contributed by atoms with Gasteiger partial charge in [-0.15, -0.1) is 0 Å². The predicted octanol–water partition coefficient (Wildman–Crippen LogP) is 2.60. The summed E-state index contributed by atoms with van der Waals surface area (Å²) >= 11 is 0. The van der Waals surface area contributed by atoms with E-state index in [1.165, 1.54) is 7.11 Å². The highest BCUT2D eigenvalue weighted by Crippen LogP contribution is 2.27. The monoisotopic (exact) mass is 300 g/mol. The molecule has 0 saturated carbocycles. The lowest BCUT2D eigenvalue weighted by molar-refractivity contribution is -0.139. The molecule has 2 rings (SSSR count). The van der Waals surface area contributed by atoms with Crippen LogP contribution in [-0.2, 0) is 4.79 Å². The number of hydrazone groups is 1. The van der Waals surface area contributed by atoms with Crippen LogP contribution >= 0.6 is 0 Å². The molecule has 2 aromatic rings. The van der Waals surface area contributed by atoms with Gasteiger partial charge in [0.15, 0.2) is 18.1 Å². The SMILES string of the molecule is COc1cc(C=NNc2ccccc2)ccc1OCC(=O)O. The number of carbonyl (C=O) groups is 1. The first-order valence-electron chi connectivity index (χ1n) is 6.56. The van der Waals surface area contributed by atoms with Gasteiger partial charge < -0.3 is 14.6 Å². The first-order valence-corrected chi connectivity index (χ1v) is 6.56. The van der Waals surface area contributed by atoms with Crippen LogP contribution in [0, 0.1) is 0 Å². The maximum Gasteiger partial charge on any atom is 0.341 e. The average Bonchev–Trinajstić information content (AvgIpc) is 2.54. The topological polar surface area (TPSA) is 80.1 Å². The van der Waals surface area contributed by atoms with E-state index >= 15 is 0 Å². The summed E-state index contributed by atoms with van der Waals surface area (Å²) in [6.07, 6.45) is 1.64. The van der Waals surface area contributed by atoms with E-state index in [2.05, 4.69) is 10.5 Å². The highest BCUT2D eigenvalue weighted by Gasteiger charge is 2.07. The van der Waals surface area contributed by atoms with Crippen LogP contribution < -0.4 is 14.9 Å². The van der Waals surface area contributed by atoms with Gasteiger partial charge in [-0.2, -0.15) is 5.10 Å². The summed E-state index contributed by atoms with van der Waals surface area (Å²) in [4.78, 5) is 10.5. The van der Waals surface area contributed by atoms with Gasteiger partial charge in [-0.3, -0.25) is 5.43 Å². The smallest absolute Gasteiger partial charge is 0.341 e. The lowest BCUT2D eigenvalue weighted by Gasteiger charge is -2.09. The maximum atomic E-state index is 10.5. The van der Waals surface area contributed by atoms with Crippen molar-refractivity contribution in [3.05, 3.63) is 54.1 Å². The van der Waals surface area contributed by atoms with Gasteiger partial charge in [0.2, 0.25) is 0 Å². The van der Waals surface area contributed by atoms with Crippen LogP contribution in [0.1, 0.15) is 5.56 Å². The Labute approximate surface area is 128 Å². The third-order valence-electron chi connectivity index (χ3n) is 2.72. The molecule has 2 aromatic carbocycles. The van der Waals surface area contributed by atoms with Crippen molar-refractivity contribution in [2.75, 3.05) is 19.1 Å². The quantitative estimate of drug-likeness (QED) is 0.607. The Morgan fingerprint density at radius 1 is 1.23 bits per heavy atom. The van der Waals surface area contributed by atoms with Crippen molar-refractivity contribution in [2.45, 2.75) is 0 Å². The molecule has 0 spiro atoms. The number of hydrogen-bond acceptors (Lipinski definition) is 5. The Morgan fingerprint density at radius 2 is 2.00 bits per heavy atom. The number of methoxy groups -OCH3 is 1. The number of carboxylic acids is 1. The molecule has 0 atom stereocenters. The van der Waals surface area contributed by atoms with Crippen LogP contribution in [0.4, 0.5) is 5.69 Å². The molecule has 0 aliphatic carbocycles. The van der Waals surface area contributed by atoms with Crippen molar-refractivity contribution < 1.29 is 19.4 Å². The molecule has 22 heavy (non-hydrogen) atoms. The molecular weight excluding hydrogens is 284 g/mol. The van der Waals surface area contributed by atoms with Gasteiger partial charge in [-0.05, 0) is 35.9 Å². The summed E-state index contributed by atoms with van der Waals surface area (Å²) < 4.78 is 10.3.